The molecule has 1 fully saturated rings. The molecule has 4 nitrogen and oxygen atoms in total. The van der Waals surface area contributed by atoms with Crippen molar-refractivity contribution in [1.29, 1.82) is 0 Å². The Kier molecular flexibility index (Phi) is 5.23. The van der Waals surface area contributed by atoms with Crippen LogP contribution in [0.15, 0.2) is 24.3 Å². The van der Waals surface area contributed by atoms with Crippen LogP contribution in [-0.4, -0.2) is 29.1 Å². The van der Waals surface area contributed by atoms with Gasteiger partial charge in [0.2, 0.25) is 5.91 Å². The Morgan fingerprint density at radius 2 is 2.10 bits per heavy atom. The van der Waals surface area contributed by atoms with Gasteiger partial charge in [0.1, 0.15) is 5.75 Å². The lowest BCUT2D eigenvalue weighted by molar-refractivity contribution is -0.128. The van der Waals surface area contributed by atoms with Gasteiger partial charge in [0, 0.05) is 6.04 Å². The van der Waals surface area contributed by atoms with Crippen molar-refractivity contribution in [2.75, 3.05) is 6.54 Å². The second-order valence-corrected chi connectivity index (χ2v) is 6.30. The number of carbonyl (C=O) groups excluding carboxylic acids is 1. The number of phenols is 1. The first kappa shape index (κ1) is 15.8. The van der Waals surface area contributed by atoms with Crippen molar-refractivity contribution in [3.05, 3.63) is 29.8 Å². The molecule has 1 aromatic rings. The topological polar surface area (TPSA) is 61.4 Å². The number of hydrogen-bond acceptors (Lipinski definition) is 3. The third kappa shape index (κ3) is 4.46. The Morgan fingerprint density at radius 3 is 2.71 bits per heavy atom. The molecule has 1 saturated heterocycles. The standard InChI is InChI=1S/C17H26N2O2/c1-13(5-6-14-7-9-15(20)10-8-14)19-16(21)17(2)11-3-4-12-18-17/h7-10,13,18,20H,3-6,11-12H2,1-2H3,(H,19,21). The molecule has 0 aromatic heterocycles. The zero-order valence-electron chi connectivity index (χ0n) is 13.0. The van der Waals surface area contributed by atoms with Crippen molar-refractivity contribution in [3.63, 3.8) is 0 Å². The summed E-state index contributed by atoms with van der Waals surface area (Å²) in [5, 5.41) is 15.7. The molecule has 0 aliphatic carbocycles. The predicted molar refractivity (Wildman–Crippen MR) is 84.3 cm³/mol. The minimum atomic E-state index is -0.412. The number of amides is 1. The average molecular weight is 290 g/mol. The predicted octanol–water partition coefficient (Wildman–Crippen LogP) is 2.36. The first-order chi connectivity index (χ1) is 9.99. The van der Waals surface area contributed by atoms with E-state index in [2.05, 4.69) is 10.6 Å². The highest BCUT2D eigenvalue weighted by Crippen LogP contribution is 2.19. The van der Waals surface area contributed by atoms with Crippen LogP contribution in [-0.2, 0) is 11.2 Å². The molecule has 4 heteroatoms. The molecule has 116 valence electrons. The summed E-state index contributed by atoms with van der Waals surface area (Å²) in [5.41, 5.74) is 0.765. The molecular weight excluding hydrogens is 264 g/mol. The fourth-order valence-electron chi connectivity index (χ4n) is 2.75. The van der Waals surface area contributed by atoms with Gasteiger partial charge >= 0.3 is 0 Å². The lowest BCUT2D eigenvalue weighted by Gasteiger charge is -2.34. The third-order valence-corrected chi connectivity index (χ3v) is 4.30. The molecule has 1 aliphatic heterocycles. The number of benzene rings is 1. The summed E-state index contributed by atoms with van der Waals surface area (Å²) in [6, 6.07) is 7.39. The Balaban J connectivity index is 1.79. The quantitative estimate of drug-likeness (QED) is 0.780. The van der Waals surface area contributed by atoms with Gasteiger partial charge in [0.25, 0.3) is 0 Å². The van der Waals surface area contributed by atoms with Gasteiger partial charge in [-0.15, -0.1) is 0 Å². The second kappa shape index (κ2) is 6.94. The smallest absolute Gasteiger partial charge is 0.240 e. The van der Waals surface area contributed by atoms with Gasteiger partial charge in [-0.05, 0) is 70.2 Å². The van der Waals surface area contributed by atoms with Crippen molar-refractivity contribution in [2.45, 2.75) is 57.5 Å². The van der Waals surface area contributed by atoms with Crippen molar-refractivity contribution in [1.82, 2.24) is 10.6 Å². The van der Waals surface area contributed by atoms with Gasteiger partial charge in [0.15, 0.2) is 0 Å². The number of hydrogen-bond donors (Lipinski definition) is 3. The highest BCUT2D eigenvalue weighted by Gasteiger charge is 2.34. The molecule has 2 rings (SSSR count). The summed E-state index contributed by atoms with van der Waals surface area (Å²) in [6.07, 6.45) is 4.96. The number of aryl methyl sites for hydroxylation is 1. The molecule has 0 saturated carbocycles. The van der Waals surface area contributed by atoms with Crippen LogP contribution >= 0.6 is 0 Å². The summed E-state index contributed by atoms with van der Waals surface area (Å²) in [7, 11) is 0. The fraction of sp³-hybridized carbons (Fsp3) is 0.588. The fourth-order valence-corrected chi connectivity index (χ4v) is 2.75. The normalized spacial score (nSPS) is 23.5. The number of carbonyl (C=O) groups is 1. The number of piperidine rings is 1. The van der Waals surface area contributed by atoms with Crippen molar-refractivity contribution in [3.8, 4) is 5.75 Å². The molecular formula is C17H26N2O2. The number of nitrogens with one attached hydrogen (secondary N) is 2. The highest BCUT2D eigenvalue weighted by molar-refractivity contribution is 5.86. The molecule has 1 aromatic carbocycles. The third-order valence-electron chi connectivity index (χ3n) is 4.30. The SMILES string of the molecule is CC(CCc1ccc(O)cc1)NC(=O)C1(C)CCCCN1. The van der Waals surface area contributed by atoms with E-state index in [1.165, 1.54) is 5.56 Å². The monoisotopic (exact) mass is 290 g/mol. The van der Waals surface area contributed by atoms with Gasteiger partial charge in [-0.3, -0.25) is 4.79 Å². The zero-order chi connectivity index (χ0) is 15.3. The molecule has 2 atom stereocenters. The first-order valence-corrected chi connectivity index (χ1v) is 7.83. The molecule has 21 heavy (non-hydrogen) atoms. The summed E-state index contributed by atoms with van der Waals surface area (Å²) in [5.74, 6) is 0.400. The van der Waals surface area contributed by atoms with E-state index in [0.29, 0.717) is 0 Å². The molecule has 2 unspecified atom stereocenters. The van der Waals surface area contributed by atoms with E-state index in [0.717, 1.165) is 38.6 Å². The first-order valence-electron chi connectivity index (χ1n) is 7.83. The van der Waals surface area contributed by atoms with Crippen LogP contribution in [0, 0.1) is 0 Å². The van der Waals surface area contributed by atoms with Gasteiger partial charge < -0.3 is 15.7 Å². The van der Waals surface area contributed by atoms with E-state index in [9.17, 15) is 9.90 Å². The second-order valence-electron chi connectivity index (χ2n) is 6.30. The Morgan fingerprint density at radius 1 is 1.38 bits per heavy atom. The molecule has 3 N–H and O–H groups in total. The molecule has 1 amide bonds. The maximum absolute atomic E-state index is 12.4. The lowest BCUT2D eigenvalue weighted by Crippen LogP contribution is -2.58. The summed E-state index contributed by atoms with van der Waals surface area (Å²) in [4.78, 5) is 12.4. The van der Waals surface area contributed by atoms with Crippen LogP contribution in [0.5, 0.6) is 5.75 Å². The number of phenolic OH excluding ortho intramolecular Hbond substituents is 1. The molecule has 1 heterocycles. The van der Waals surface area contributed by atoms with Gasteiger partial charge in [0.05, 0.1) is 5.54 Å². The lowest BCUT2D eigenvalue weighted by atomic mass is 9.89. The van der Waals surface area contributed by atoms with Crippen LogP contribution < -0.4 is 10.6 Å². The van der Waals surface area contributed by atoms with Gasteiger partial charge in [-0.1, -0.05) is 12.1 Å². The van der Waals surface area contributed by atoms with Gasteiger partial charge in [-0.25, -0.2) is 0 Å². The van der Waals surface area contributed by atoms with Crippen LogP contribution in [0.3, 0.4) is 0 Å². The van der Waals surface area contributed by atoms with Crippen LogP contribution in [0.2, 0.25) is 0 Å². The molecule has 0 spiro atoms. The maximum Gasteiger partial charge on any atom is 0.240 e. The zero-order valence-corrected chi connectivity index (χ0v) is 13.0. The van der Waals surface area contributed by atoms with Crippen molar-refractivity contribution >= 4 is 5.91 Å². The summed E-state index contributed by atoms with van der Waals surface area (Å²) >= 11 is 0. The highest BCUT2D eigenvalue weighted by atomic mass is 16.3. The Hall–Kier alpha value is -1.55. The van der Waals surface area contributed by atoms with Crippen LogP contribution in [0.1, 0.15) is 45.1 Å². The van der Waals surface area contributed by atoms with E-state index >= 15 is 0 Å². The summed E-state index contributed by atoms with van der Waals surface area (Å²) < 4.78 is 0. The average Bonchev–Trinajstić information content (AvgIpc) is 2.47. The number of rotatable bonds is 5. The van der Waals surface area contributed by atoms with E-state index in [4.69, 9.17) is 0 Å². The molecule has 0 bridgehead atoms. The maximum atomic E-state index is 12.4. The molecule has 0 radical (unpaired) electrons. The van der Waals surface area contributed by atoms with E-state index < -0.39 is 5.54 Å². The largest absolute Gasteiger partial charge is 0.508 e. The van der Waals surface area contributed by atoms with Crippen molar-refractivity contribution < 1.29 is 9.90 Å². The Labute approximate surface area is 126 Å². The van der Waals surface area contributed by atoms with Gasteiger partial charge in [-0.2, -0.15) is 0 Å². The summed E-state index contributed by atoms with van der Waals surface area (Å²) in [6.45, 7) is 4.96. The minimum absolute atomic E-state index is 0.111. The number of aromatic hydroxyl groups is 1. The minimum Gasteiger partial charge on any atom is -0.508 e. The van der Waals surface area contributed by atoms with Crippen LogP contribution in [0.25, 0.3) is 0 Å². The van der Waals surface area contributed by atoms with E-state index in [-0.39, 0.29) is 17.7 Å². The molecule has 1 aliphatic rings. The van der Waals surface area contributed by atoms with Crippen molar-refractivity contribution in [2.24, 2.45) is 0 Å². The van der Waals surface area contributed by atoms with E-state index in [1.807, 2.05) is 26.0 Å². The van der Waals surface area contributed by atoms with E-state index in [1.54, 1.807) is 12.1 Å². The Bertz CT molecular complexity index is 464. The van der Waals surface area contributed by atoms with Crippen LogP contribution in [0.4, 0.5) is 0 Å².